The van der Waals surface area contributed by atoms with Crippen LogP contribution in [0.25, 0.3) is 0 Å². The fraction of sp³-hybridized carbons (Fsp3) is 0.562. The molecule has 1 aromatic rings. The Labute approximate surface area is 111 Å². The minimum absolute atomic E-state index is 0.166. The molecule has 0 radical (unpaired) electrons. The van der Waals surface area contributed by atoms with Crippen molar-refractivity contribution < 1.29 is 4.79 Å². The average Bonchev–Trinajstić information content (AvgIpc) is 2.42. The van der Waals surface area contributed by atoms with Crippen molar-refractivity contribution in [3.8, 4) is 0 Å². The van der Waals surface area contributed by atoms with Crippen LogP contribution in [0.1, 0.15) is 50.5 Å². The van der Waals surface area contributed by atoms with E-state index in [1.54, 1.807) is 7.05 Å². The van der Waals surface area contributed by atoms with Crippen molar-refractivity contribution >= 4 is 5.91 Å². The monoisotopic (exact) mass is 247 g/mol. The largest absolute Gasteiger partial charge is 0.359 e. The third-order valence-electron chi connectivity index (χ3n) is 3.24. The zero-order valence-electron chi connectivity index (χ0n) is 11.5. The van der Waals surface area contributed by atoms with Crippen molar-refractivity contribution in [3.05, 3.63) is 35.9 Å². The molecule has 100 valence electrons. The van der Waals surface area contributed by atoms with Gasteiger partial charge in [0.05, 0.1) is 0 Å². The first-order chi connectivity index (χ1) is 8.83. The van der Waals surface area contributed by atoms with Gasteiger partial charge in [-0.1, -0.05) is 56.0 Å². The topological polar surface area (TPSA) is 29.1 Å². The second-order valence-corrected chi connectivity index (χ2v) is 4.78. The van der Waals surface area contributed by atoms with Crippen LogP contribution >= 0.6 is 0 Å². The van der Waals surface area contributed by atoms with Crippen LogP contribution in [0.3, 0.4) is 0 Å². The number of amides is 1. The second kappa shape index (κ2) is 9.69. The maximum absolute atomic E-state index is 11.0. The third-order valence-corrected chi connectivity index (χ3v) is 3.24. The van der Waals surface area contributed by atoms with Crippen molar-refractivity contribution in [1.29, 1.82) is 0 Å². The molecule has 0 aliphatic rings. The minimum Gasteiger partial charge on any atom is -0.359 e. The molecule has 2 heteroatoms. The Kier molecular flexibility index (Phi) is 7.94. The van der Waals surface area contributed by atoms with Crippen LogP contribution in [-0.2, 0) is 11.2 Å². The Balaban J connectivity index is 1.89. The van der Waals surface area contributed by atoms with Crippen LogP contribution in [0.15, 0.2) is 30.3 Å². The number of benzene rings is 1. The lowest BCUT2D eigenvalue weighted by atomic mass is 10.0. The number of hydrogen-bond acceptors (Lipinski definition) is 1. The van der Waals surface area contributed by atoms with Gasteiger partial charge in [-0.2, -0.15) is 0 Å². The van der Waals surface area contributed by atoms with Crippen molar-refractivity contribution in [3.63, 3.8) is 0 Å². The molecule has 0 bridgehead atoms. The molecule has 0 atom stereocenters. The van der Waals surface area contributed by atoms with Gasteiger partial charge < -0.3 is 5.32 Å². The van der Waals surface area contributed by atoms with E-state index in [0.717, 1.165) is 6.42 Å². The normalized spacial score (nSPS) is 10.3. The van der Waals surface area contributed by atoms with Crippen molar-refractivity contribution in [1.82, 2.24) is 5.32 Å². The summed E-state index contributed by atoms with van der Waals surface area (Å²) in [7, 11) is 1.70. The lowest BCUT2D eigenvalue weighted by Crippen LogP contribution is -2.16. The van der Waals surface area contributed by atoms with E-state index in [0.29, 0.717) is 6.42 Å². The van der Waals surface area contributed by atoms with E-state index < -0.39 is 0 Å². The lowest BCUT2D eigenvalue weighted by molar-refractivity contribution is -0.120. The van der Waals surface area contributed by atoms with Crippen LogP contribution in [0.5, 0.6) is 0 Å². The third kappa shape index (κ3) is 7.10. The van der Waals surface area contributed by atoms with Gasteiger partial charge in [0.15, 0.2) is 0 Å². The van der Waals surface area contributed by atoms with E-state index in [1.807, 2.05) is 0 Å². The van der Waals surface area contributed by atoms with E-state index in [-0.39, 0.29) is 5.91 Å². The first-order valence-electron chi connectivity index (χ1n) is 7.07. The molecule has 1 rings (SSSR count). The summed E-state index contributed by atoms with van der Waals surface area (Å²) in [6, 6.07) is 10.7. The summed E-state index contributed by atoms with van der Waals surface area (Å²) in [4.78, 5) is 11.0. The molecule has 2 nitrogen and oxygen atoms in total. The highest BCUT2D eigenvalue weighted by Crippen LogP contribution is 2.10. The summed E-state index contributed by atoms with van der Waals surface area (Å²) in [6.45, 7) is 0. The van der Waals surface area contributed by atoms with Gasteiger partial charge in [0.25, 0.3) is 0 Å². The van der Waals surface area contributed by atoms with Crippen LogP contribution in [-0.4, -0.2) is 13.0 Å². The number of unbranched alkanes of at least 4 members (excludes halogenated alkanes) is 5. The van der Waals surface area contributed by atoms with Gasteiger partial charge in [-0.05, 0) is 24.8 Å². The van der Waals surface area contributed by atoms with Gasteiger partial charge >= 0.3 is 0 Å². The summed E-state index contributed by atoms with van der Waals surface area (Å²) < 4.78 is 0. The van der Waals surface area contributed by atoms with Crippen molar-refractivity contribution in [2.24, 2.45) is 0 Å². The highest BCUT2D eigenvalue weighted by Gasteiger charge is 1.97. The number of hydrogen-bond donors (Lipinski definition) is 1. The number of carbonyl (C=O) groups excluding carboxylic acids is 1. The summed E-state index contributed by atoms with van der Waals surface area (Å²) in [5.74, 6) is 0.166. The SMILES string of the molecule is CNC(=O)CCCCCCCCc1ccccc1. The van der Waals surface area contributed by atoms with Gasteiger partial charge in [-0.3, -0.25) is 4.79 Å². The second-order valence-electron chi connectivity index (χ2n) is 4.78. The van der Waals surface area contributed by atoms with Crippen LogP contribution in [0.2, 0.25) is 0 Å². The summed E-state index contributed by atoms with van der Waals surface area (Å²) >= 11 is 0. The molecule has 0 unspecified atom stereocenters. The number of rotatable bonds is 9. The number of carbonyl (C=O) groups is 1. The zero-order valence-corrected chi connectivity index (χ0v) is 11.5. The maximum Gasteiger partial charge on any atom is 0.219 e. The fourth-order valence-electron chi connectivity index (χ4n) is 2.09. The molecule has 0 aromatic heterocycles. The Hall–Kier alpha value is -1.31. The number of aryl methyl sites for hydroxylation is 1. The molecule has 0 spiro atoms. The van der Waals surface area contributed by atoms with Gasteiger partial charge in [-0.15, -0.1) is 0 Å². The molecular weight excluding hydrogens is 222 g/mol. The quantitative estimate of drug-likeness (QED) is 0.662. The summed E-state index contributed by atoms with van der Waals surface area (Å²) in [6.07, 6.45) is 9.21. The van der Waals surface area contributed by atoms with E-state index >= 15 is 0 Å². The first kappa shape index (κ1) is 14.7. The molecule has 0 saturated carbocycles. The molecule has 0 aliphatic heterocycles. The molecule has 0 fully saturated rings. The molecule has 1 amide bonds. The first-order valence-corrected chi connectivity index (χ1v) is 7.07. The van der Waals surface area contributed by atoms with Crippen LogP contribution in [0.4, 0.5) is 0 Å². The molecule has 18 heavy (non-hydrogen) atoms. The summed E-state index contributed by atoms with van der Waals surface area (Å²) in [5.41, 5.74) is 1.44. The molecule has 0 aliphatic carbocycles. The molecule has 0 saturated heterocycles. The molecule has 1 aromatic carbocycles. The van der Waals surface area contributed by atoms with Crippen LogP contribution < -0.4 is 5.32 Å². The van der Waals surface area contributed by atoms with E-state index in [4.69, 9.17) is 0 Å². The van der Waals surface area contributed by atoms with E-state index in [2.05, 4.69) is 35.6 Å². The standard InChI is InChI=1S/C16H25NO/c1-17-16(18)14-10-5-3-2-4-7-11-15-12-8-6-9-13-15/h6,8-9,12-13H,2-5,7,10-11,14H2,1H3,(H,17,18). The van der Waals surface area contributed by atoms with Crippen molar-refractivity contribution in [2.45, 2.75) is 51.4 Å². The Bertz CT molecular complexity index is 321. The molecular formula is C16H25NO. The summed E-state index contributed by atoms with van der Waals surface area (Å²) in [5, 5.41) is 2.66. The van der Waals surface area contributed by atoms with E-state index in [1.165, 1.54) is 44.1 Å². The minimum atomic E-state index is 0.166. The Morgan fingerprint density at radius 1 is 0.944 bits per heavy atom. The van der Waals surface area contributed by atoms with Crippen LogP contribution in [0, 0.1) is 0 Å². The molecule has 0 heterocycles. The van der Waals surface area contributed by atoms with E-state index in [9.17, 15) is 4.79 Å². The fourth-order valence-corrected chi connectivity index (χ4v) is 2.09. The predicted octanol–water partition coefficient (Wildman–Crippen LogP) is 3.71. The number of nitrogens with one attached hydrogen (secondary N) is 1. The Morgan fingerprint density at radius 2 is 1.56 bits per heavy atom. The average molecular weight is 247 g/mol. The maximum atomic E-state index is 11.0. The zero-order chi connectivity index (χ0) is 13.1. The molecule has 1 N–H and O–H groups in total. The predicted molar refractivity (Wildman–Crippen MR) is 76.5 cm³/mol. The van der Waals surface area contributed by atoms with Crippen molar-refractivity contribution in [2.75, 3.05) is 7.05 Å². The highest BCUT2D eigenvalue weighted by atomic mass is 16.1. The van der Waals surface area contributed by atoms with Gasteiger partial charge in [0, 0.05) is 13.5 Å². The smallest absolute Gasteiger partial charge is 0.219 e. The van der Waals surface area contributed by atoms with Gasteiger partial charge in [0.1, 0.15) is 0 Å². The van der Waals surface area contributed by atoms with Gasteiger partial charge in [0.2, 0.25) is 5.91 Å². The lowest BCUT2D eigenvalue weighted by Gasteiger charge is -2.02. The van der Waals surface area contributed by atoms with Gasteiger partial charge in [-0.25, -0.2) is 0 Å². The highest BCUT2D eigenvalue weighted by molar-refractivity contribution is 5.75. The Morgan fingerprint density at radius 3 is 2.22 bits per heavy atom.